The summed E-state index contributed by atoms with van der Waals surface area (Å²) < 4.78 is 9.43. The Morgan fingerprint density at radius 1 is 0.593 bits per heavy atom. The van der Waals surface area contributed by atoms with Crippen LogP contribution >= 0.6 is 16.3 Å². The van der Waals surface area contributed by atoms with Gasteiger partial charge < -0.3 is 96.5 Å². The van der Waals surface area contributed by atoms with Gasteiger partial charge in [0, 0.05) is 25.8 Å². The first kappa shape index (κ1) is 79.1. The van der Waals surface area contributed by atoms with Gasteiger partial charge in [-0.15, -0.1) is 4.52 Å². The van der Waals surface area contributed by atoms with Gasteiger partial charge in [-0.2, -0.15) is 29.4 Å². The highest BCUT2D eigenvalue weighted by Crippen LogP contribution is 2.47. The first-order valence-corrected chi connectivity index (χ1v) is 30.5. The van der Waals surface area contributed by atoms with Gasteiger partial charge in [0.1, 0.15) is 60.7 Å². The van der Waals surface area contributed by atoms with Crippen molar-refractivity contribution in [3.63, 3.8) is 0 Å². The van der Waals surface area contributed by atoms with Crippen molar-refractivity contribution in [3.8, 4) is 5.75 Å². The second-order valence-corrected chi connectivity index (χ2v) is 23.0. The van der Waals surface area contributed by atoms with Gasteiger partial charge in [0.15, 0.2) is 5.75 Å². The Morgan fingerprint density at radius 2 is 1.05 bits per heavy atom. The smallest absolute Gasteiger partial charge is 0.481 e. The lowest BCUT2D eigenvalue weighted by molar-refractivity contribution is -0.148. The highest BCUT2D eigenvalue weighted by molar-refractivity contribution is 7.53. The molecule has 43 heteroatoms. The Labute approximate surface area is 517 Å². The summed E-state index contributed by atoms with van der Waals surface area (Å²) in [5.41, 5.74) is 27.4. The van der Waals surface area contributed by atoms with E-state index in [9.17, 15) is 117 Å². The maximum Gasteiger partial charge on any atom is 0.613 e. The number of hydrogen-bond donors (Lipinski definition) is 24. The SMILES string of the molecule is C[C@@H](O)[C@H](NC(=O)[C@H](CC(N)=O)NC(=O)[C@@H](N)CCCNC(N)N)C(=O)N[C@@H](CC(N)=O)C(=O)N[C@@H](CCC(=O)O)C(=O)N[C@@H](Cc1ccc(O[P+](O)(O)O)cc1)C(=O)N[C@H](C(=O)N[C@@H](CCC(=O)O)C(=O)NCC(=O)N1CCC[C@H]1C(=O)O)[C@@H](C)O[P+](O)(O)O. The number of carbonyl (C=O) groups is 14. The summed E-state index contributed by atoms with van der Waals surface area (Å²) in [6, 6.07) is -12.8. The van der Waals surface area contributed by atoms with E-state index in [1.165, 1.54) is 0 Å². The number of nitrogens with one attached hydrogen (secondary N) is 9. The maximum atomic E-state index is 14.5. The molecule has 41 nitrogen and oxygen atoms in total. The molecule has 0 saturated carbocycles. The summed E-state index contributed by atoms with van der Waals surface area (Å²) in [5, 5.41) is 59.0. The van der Waals surface area contributed by atoms with Crippen molar-refractivity contribution < 1.29 is 126 Å². The van der Waals surface area contributed by atoms with Crippen LogP contribution in [0.4, 0.5) is 0 Å². The first-order chi connectivity index (χ1) is 42.2. The summed E-state index contributed by atoms with van der Waals surface area (Å²) in [6.07, 6.45) is -10.4. The van der Waals surface area contributed by atoms with E-state index in [2.05, 4.69) is 47.1 Å². The number of aliphatic hydroxyl groups excluding tert-OH is 1. The van der Waals surface area contributed by atoms with Crippen molar-refractivity contribution in [1.82, 2.24) is 52.8 Å². The van der Waals surface area contributed by atoms with Crippen LogP contribution in [0.5, 0.6) is 5.75 Å². The standard InChI is InChI=1S/C48H77N15O26P2/c1-21(64)37(61-44(77)30(19-33(51)66)58-39(72)25(49)5-3-15-54-48(52)53)45(78)60-29(18-32(50)65)42(75)56-27(12-14-36(70)71)41(74)59-28(17-23-7-9-24(10-8-23)89-91(85,86)87)43(76)62-38(22(2)88-90(82,83)84)46(79)57-26(11-13-35(68)69)40(73)55-20-34(67)63-16-4-6-31(63)47(80)81/h7-10,21-22,25-31,37-38,48,54,64,82-87H,3-6,11-20,49,52-53H2,1-2H3,(H13-2,50,51,55,56,57,58,59,60,61,62,65,66,68,69,70,71,72,73,74,75,76,77,78,79,80,81)/p+2/t21-,22-,25+,26+,27+,28+,29+,30+,31+,37+,38+/m1/s1. The second kappa shape index (κ2) is 37.3. The molecule has 0 spiro atoms. The molecular formula is C48H79N15O26P2+2. The van der Waals surface area contributed by atoms with E-state index in [4.69, 9.17) is 33.2 Å². The van der Waals surface area contributed by atoms with Crippen LogP contribution in [0.1, 0.15) is 83.6 Å². The number of aliphatic carboxylic acids is 3. The highest BCUT2D eigenvalue weighted by atomic mass is 31.2. The summed E-state index contributed by atoms with van der Waals surface area (Å²) in [6.45, 7) is 1.18. The van der Waals surface area contributed by atoms with Crippen molar-refractivity contribution >= 4 is 99.2 Å². The Hall–Kier alpha value is -8.02. The molecule has 1 aromatic carbocycles. The van der Waals surface area contributed by atoms with Crippen molar-refractivity contribution in [3.05, 3.63) is 29.8 Å². The van der Waals surface area contributed by atoms with E-state index in [1.807, 2.05) is 5.32 Å². The number of amides is 11. The number of carbonyl (C=O) groups excluding carboxylic acids is 11. The van der Waals surface area contributed by atoms with Gasteiger partial charge >= 0.3 is 34.2 Å². The number of carboxylic acids is 3. The molecule has 0 aromatic heterocycles. The van der Waals surface area contributed by atoms with E-state index >= 15 is 0 Å². The van der Waals surface area contributed by atoms with Crippen LogP contribution in [0.15, 0.2) is 24.3 Å². The Morgan fingerprint density at radius 3 is 1.55 bits per heavy atom. The fourth-order valence-corrected chi connectivity index (χ4v) is 9.51. The molecule has 1 aromatic rings. The number of nitrogens with two attached hydrogens (primary N) is 5. The molecular weight excluding hydrogens is 1260 g/mol. The topological polar surface area (TPSA) is 701 Å². The predicted molar refractivity (Wildman–Crippen MR) is 308 cm³/mol. The quantitative estimate of drug-likeness (QED) is 0.0164. The molecule has 91 heavy (non-hydrogen) atoms. The highest BCUT2D eigenvalue weighted by Gasteiger charge is 2.44. The van der Waals surface area contributed by atoms with Crippen molar-refractivity contribution in [2.75, 3.05) is 19.6 Å². The predicted octanol–water partition coefficient (Wildman–Crippen LogP) is -10.3. The summed E-state index contributed by atoms with van der Waals surface area (Å²) >= 11 is 0. The molecule has 1 saturated heterocycles. The third kappa shape index (κ3) is 30.1. The fraction of sp³-hybridized carbons (Fsp3) is 0.583. The number of rotatable bonds is 41. The number of nitrogens with zero attached hydrogens (tertiary/aromatic N) is 1. The minimum absolute atomic E-state index is 0.000571. The van der Waals surface area contributed by atoms with Crippen LogP contribution < -0.4 is 81.0 Å². The van der Waals surface area contributed by atoms with Gasteiger partial charge in [0.05, 0.1) is 31.5 Å². The lowest BCUT2D eigenvalue weighted by Crippen LogP contribution is -2.62. The Kier molecular flexibility index (Phi) is 32.5. The molecule has 1 heterocycles. The molecule has 0 unspecified atom stereocenters. The maximum absolute atomic E-state index is 14.5. The van der Waals surface area contributed by atoms with Gasteiger partial charge in [-0.05, 0) is 76.6 Å². The number of primary amides is 2. The van der Waals surface area contributed by atoms with Crippen LogP contribution in [0, 0.1) is 0 Å². The molecule has 2 rings (SSSR count). The molecule has 0 aliphatic carbocycles. The van der Waals surface area contributed by atoms with Gasteiger partial charge in [-0.25, -0.2) is 4.79 Å². The Bertz CT molecular complexity index is 2760. The zero-order valence-corrected chi connectivity index (χ0v) is 50.7. The van der Waals surface area contributed by atoms with E-state index in [-0.39, 0.29) is 43.7 Å². The van der Waals surface area contributed by atoms with Crippen molar-refractivity contribution in [1.29, 1.82) is 0 Å². The van der Waals surface area contributed by atoms with Crippen LogP contribution in [0.3, 0.4) is 0 Å². The van der Waals surface area contributed by atoms with Crippen LogP contribution in [-0.2, 0) is 78.1 Å². The normalized spacial score (nSPS) is 16.5. The summed E-state index contributed by atoms with van der Waals surface area (Å²) in [7, 11) is -10.3. The summed E-state index contributed by atoms with van der Waals surface area (Å²) in [4.78, 5) is 242. The Balaban J connectivity index is 2.62. The molecule has 1 aliphatic rings. The van der Waals surface area contributed by atoms with E-state index in [1.54, 1.807) is 0 Å². The molecule has 0 radical (unpaired) electrons. The zero-order chi connectivity index (χ0) is 69.2. The number of hydrogen-bond acceptors (Lipinski definition) is 27. The third-order valence-electron chi connectivity index (χ3n) is 13.0. The molecule has 0 bridgehead atoms. The van der Waals surface area contributed by atoms with Gasteiger partial charge in [0.2, 0.25) is 65.0 Å². The minimum Gasteiger partial charge on any atom is -0.481 e. The van der Waals surface area contributed by atoms with E-state index in [0.717, 1.165) is 43.0 Å². The van der Waals surface area contributed by atoms with Gasteiger partial charge in [-0.3, -0.25) is 72.2 Å². The molecule has 510 valence electrons. The third-order valence-corrected chi connectivity index (χ3v) is 14.0. The van der Waals surface area contributed by atoms with E-state index in [0.29, 0.717) is 6.42 Å². The monoisotopic (exact) mass is 1340 g/mol. The number of aliphatic hydroxyl groups is 1. The first-order valence-electron chi connectivity index (χ1n) is 27.4. The average Bonchev–Trinajstić information content (AvgIpc) is 2.34. The molecule has 29 N–H and O–H groups in total. The number of likely N-dealkylation sites (tertiary alicyclic amines) is 1. The zero-order valence-electron chi connectivity index (χ0n) is 48.9. The number of carboxylic acid groups (broad SMARTS) is 3. The van der Waals surface area contributed by atoms with Crippen molar-refractivity contribution in [2.45, 2.75) is 157 Å². The molecule has 1 fully saturated rings. The van der Waals surface area contributed by atoms with Gasteiger partial charge in [0.25, 0.3) is 0 Å². The van der Waals surface area contributed by atoms with Crippen LogP contribution in [0.25, 0.3) is 0 Å². The fourth-order valence-electron chi connectivity index (χ4n) is 8.54. The minimum atomic E-state index is -5.38. The molecule has 11 atom stereocenters. The summed E-state index contributed by atoms with van der Waals surface area (Å²) in [5.74, 6) is -19.1. The van der Waals surface area contributed by atoms with Crippen LogP contribution in [-0.4, -0.2) is 230 Å². The van der Waals surface area contributed by atoms with E-state index < -0.39 is 224 Å². The van der Waals surface area contributed by atoms with Gasteiger partial charge in [-0.1, -0.05) is 12.1 Å². The lowest BCUT2D eigenvalue weighted by atomic mass is 10.0. The van der Waals surface area contributed by atoms with Crippen LogP contribution in [0.2, 0.25) is 0 Å². The van der Waals surface area contributed by atoms with Crippen molar-refractivity contribution in [2.24, 2.45) is 28.7 Å². The molecule has 1 aliphatic heterocycles. The largest absolute Gasteiger partial charge is 0.613 e. The number of benzene rings is 1. The second-order valence-electron chi connectivity index (χ2n) is 20.5. The molecule has 11 amide bonds. The lowest BCUT2D eigenvalue weighted by Gasteiger charge is -2.29. The average molecular weight is 1340 g/mol.